The lowest BCUT2D eigenvalue weighted by Gasteiger charge is -2.11. The quantitative estimate of drug-likeness (QED) is 0.318. The van der Waals surface area contributed by atoms with Crippen LogP contribution in [0.1, 0.15) is 32.9 Å². The smallest absolute Gasteiger partial charge is 0.248 e. The molecule has 2 aliphatic rings. The summed E-state index contributed by atoms with van der Waals surface area (Å²) < 4.78 is 0. The number of aromatic nitrogens is 1. The van der Waals surface area contributed by atoms with Gasteiger partial charge in [0.05, 0.1) is 22.8 Å². The van der Waals surface area contributed by atoms with Gasteiger partial charge in [0.25, 0.3) is 0 Å². The number of nitrogens with one attached hydrogen (secondary N) is 2. The van der Waals surface area contributed by atoms with Crippen molar-refractivity contribution in [2.24, 2.45) is 4.99 Å². The van der Waals surface area contributed by atoms with Crippen LogP contribution in [0.3, 0.4) is 0 Å². The first-order valence-corrected chi connectivity index (χ1v) is 12.3. The number of allylic oxidation sites excluding steroid dienone is 4. The number of ketones is 1. The van der Waals surface area contributed by atoms with Crippen molar-refractivity contribution in [2.75, 3.05) is 0 Å². The molecule has 5 heteroatoms. The van der Waals surface area contributed by atoms with E-state index >= 15 is 0 Å². The predicted molar refractivity (Wildman–Crippen MR) is 150 cm³/mol. The summed E-state index contributed by atoms with van der Waals surface area (Å²) in [4.78, 5) is 33.4. The van der Waals surface area contributed by atoms with Gasteiger partial charge in [-0.1, -0.05) is 91.0 Å². The fourth-order valence-electron chi connectivity index (χ4n) is 4.67. The number of aliphatic imine (C=N–C) groups is 1. The summed E-state index contributed by atoms with van der Waals surface area (Å²) in [5.74, 6) is -0.223. The predicted octanol–water partition coefficient (Wildman–Crippen LogP) is 6.11. The highest BCUT2D eigenvalue weighted by Crippen LogP contribution is 2.33. The summed E-state index contributed by atoms with van der Waals surface area (Å²) in [5, 5.41) is 2.92. The molecule has 0 atom stereocenters. The molecule has 0 saturated heterocycles. The average molecular weight is 494 g/mol. The molecule has 4 aromatic rings. The Kier molecular flexibility index (Phi) is 6.08. The van der Waals surface area contributed by atoms with Crippen molar-refractivity contribution in [2.45, 2.75) is 0 Å². The van der Waals surface area contributed by atoms with Gasteiger partial charge in [-0.3, -0.25) is 9.59 Å². The zero-order valence-electron chi connectivity index (χ0n) is 20.4. The van der Waals surface area contributed by atoms with E-state index in [1.54, 1.807) is 6.08 Å². The fraction of sp³-hybridized carbons (Fsp3) is 0. The fourth-order valence-corrected chi connectivity index (χ4v) is 4.67. The SMILES string of the molecule is O=C1C=C/C(=C(C2=N/C(=C(\c3ccccc3)c3ccc(C(=O)c4ccccc4)[nH]3)C=C2)\c2ccccc2)N1. The zero-order valence-corrected chi connectivity index (χ0v) is 20.4. The first kappa shape index (κ1) is 23.1. The molecule has 0 spiro atoms. The first-order valence-electron chi connectivity index (χ1n) is 12.3. The van der Waals surface area contributed by atoms with Crippen LogP contribution in [-0.2, 0) is 4.79 Å². The van der Waals surface area contributed by atoms with Crippen LogP contribution in [0.4, 0.5) is 0 Å². The van der Waals surface area contributed by atoms with Crippen molar-refractivity contribution in [3.05, 3.63) is 167 Å². The van der Waals surface area contributed by atoms with Crippen molar-refractivity contribution in [3.8, 4) is 0 Å². The minimum atomic E-state index is -0.154. The molecule has 2 N–H and O–H groups in total. The summed E-state index contributed by atoms with van der Waals surface area (Å²) in [6.45, 7) is 0. The molecule has 38 heavy (non-hydrogen) atoms. The summed E-state index contributed by atoms with van der Waals surface area (Å²) in [5.41, 5.74) is 7.80. The lowest BCUT2D eigenvalue weighted by atomic mass is 9.99. The molecule has 0 aliphatic carbocycles. The monoisotopic (exact) mass is 493 g/mol. The second-order valence-corrected chi connectivity index (χ2v) is 8.91. The van der Waals surface area contributed by atoms with E-state index in [-0.39, 0.29) is 11.7 Å². The number of benzene rings is 3. The maximum atomic E-state index is 13.1. The van der Waals surface area contributed by atoms with Gasteiger partial charge in [-0.25, -0.2) is 4.99 Å². The Morgan fingerprint density at radius 3 is 1.76 bits per heavy atom. The van der Waals surface area contributed by atoms with E-state index in [4.69, 9.17) is 4.99 Å². The number of hydrogen-bond donors (Lipinski definition) is 2. The molecule has 182 valence electrons. The normalized spacial score (nSPS) is 16.8. The minimum absolute atomic E-state index is 0.0692. The minimum Gasteiger partial charge on any atom is -0.352 e. The second kappa shape index (κ2) is 9.99. The maximum absolute atomic E-state index is 13.1. The molecule has 2 aliphatic heterocycles. The molecule has 0 radical (unpaired) electrons. The molecule has 1 aromatic heterocycles. The van der Waals surface area contributed by atoms with Gasteiger partial charge in [0.1, 0.15) is 0 Å². The number of carbonyl (C=O) groups excluding carboxylic acids is 2. The van der Waals surface area contributed by atoms with Crippen molar-refractivity contribution in [1.29, 1.82) is 0 Å². The zero-order chi connectivity index (χ0) is 25.9. The van der Waals surface area contributed by atoms with E-state index in [9.17, 15) is 9.59 Å². The maximum Gasteiger partial charge on any atom is 0.248 e. The molecule has 0 unspecified atom stereocenters. The lowest BCUT2D eigenvalue weighted by Crippen LogP contribution is -2.16. The van der Waals surface area contributed by atoms with E-state index in [0.717, 1.165) is 39.4 Å². The molecule has 6 rings (SSSR count). The molecule has 0 fully saturated rings. The van der Waals surface area contributed by atoms with Gasteiger partial charge in [-0.2, -0.15) is 0 Å². The average Bonchev–Trinajstić information content (AvgIpc) is 3.73. The Balaban J connectivity index is 1.47. The molecule has 3 aromatic carbocycles. The van der Waals surface area contributed by atoms with Gasteiger partial charge in [-0.05, 0) is 41.5 Å². The Bertz CT molecular complexity index is 1690. The van der Waals surface area contributed by atoms with Crippen LogP contribution in [0.15, 0.2) is 144 Å². The first-order chi connectivity index (χ1) is 18.7. The van der Waals surface area contributed by atoms with Crippen molar-refractivity contribution >= 4 is 28.5 Å². The summed E-state index contributed by atoms with van der Waals surface area (Å²) in [7, 11) is 0. The Hall–Kier alpha value is -5.29. The van der Waals surface area contributed by atoms with Crippen LogP contribution in [0.2, 0.25) is 0 Å². The third-order valence-electron chi connectivity index (χ3n) is 6.44. The highest BCUT2D eigenvalue weighted by Gasteiger charge is 2.22. The van der Waals surface area contributed by atoms with E-state index in [1.165, 1.54) is 6.08 Å². The van der Waals surface area contributed by atoms with E-state index < -0.39 is 0 Å². The lowest BCUT2D eigenvalue weighted by molar-refractivity contribution is -0.115. The van der Waals surface area contributed by atoms with Crippen LogP contribution < -0.4 is 5.32 Å². The number of rotatable bonds is 6. The van der Waals surface area contributed by atoms with E-state index in [1.807, 2.05) is 115 Å². The van der Waals surface area contributed by atoms with Gasteiger partial charge in [0.15, 0.2) is 0 Å². The van der Waals surface area contributed by atoms with E-state index in [2.05, 4.69) is 10.3 Å². The summed E-state index contributed by atoms with van der Waals surface area (Å²) in [6.07, 6.45) is 7.24. The molecular weight excluding hydrogens is 470 g/mol. The number of hydrogen-bond acceptors (Lipinski definition) is 3. The van der Waals surface area contributed by atoms with Crippen LogP contribution in [0, 0.1) is 0 Å². The number of nitrogens with zero attached hydrogens (tertiary/aromatic N) is 1. The van der Waals surface area contributed by atoms with Crippen molar-refractivity contribution in [3.63, 3.8) is 0 Å². The van der Waals surface area contributed by atoms with Crippen molar-refractivity contribution in [1.82, 2.24) is 10.3 Å². The van der Waals surface area contributed by atoms with Gasteiger partial charge in [0.2, 0.25) is 11.7 Å². The molecule has 3 heterocycles. The Labute approximate surface area is 220 Å². The highest BCUT2D eigenvalue weighted by atomic mass is 16.1. The third-order valence-corrected chi connectivity index (χ3v) is 6.44. The van der Waals surface area contributed by atoms with Gasteiger partial charge in [-0.15, -0.1) is 0 Å². The second-order valence-electron chi connectivity index (χ2n) is 8.91. The van der Waals surface area contributed by atoms with Crippen LogP contribution in [0.5, 0.6) is 0 Å². The standard InChI is InChI=1S/C33H23N3O2/c37-30-21-20-28(36-30)32(23-12-6-2-7-13-23)26-17-16-25(34-26)31(22-10-4-1-5-11-22)27-18-19-29(35-27)33(38)24-14-8-3-9-15-24/h1-21,35H,(H,36,37)/b31-25+,32-28-. The summed E-state index contributed by atoms with van der Waals surface area (Å²) >= 11 is 0. The summed E-state index contributed by atoms with van der Waals surface area (Å²) in [6, 6.07) is 32.8. The molecule has 5 nitrogen and oxygen atoms in total. The van der Waals surface area contributed by atoms with Crippen LogP contribution in [-0.4, -0.2) is 22.4 Å². The van der Waals surface area contributed by atoms with Crippen molar-refractivity contribution < 1.29 is 9.59 Å². The van der Waals surface area contributed by atoms with Crippen LogP contribution in [0.25, 0.3) is 11.1 Å². The van der Waals surface area contributed by atoms with E-state index in [0.29, 0.717) is 17.0 Å². The molecule has 0 bridgehead atoms. The highest BCUT2D eigenvalue weighted by molar-refractivity contribution is 6.32. The molecule has 0 saturated carbocycles. The topological polar surface area (TPSA) is 74.3 Å². The number of carbonyl (C=O) groups is 2. The van der Waals surface area contributed by atoms with Gasteiger partial charge < -0.3 is 10.3 Å². The Morgan fingerprint density at radius 1 is 0.579 bits per heavy atom. The number of aromatic amines is 1. The van der Waals surface area contributed by atoms with Gasteiger partial charge >= 0.3 is 0 Å². The third kappa shape index (κ3) is 4.49. The Morgan fingerprint density at radius 2 is 1.16 bits per heavy atom. The molecular formula is C33H23N3O2. The number of H-pyrrole nitrogens is 1. The molecule has 1 amide bonds. The van der Waals surface area contributed by atoms with Gasteiger partial charge in [0, 0.05) is 28.5 Å². The largest absolute Gasteiger partial charge is 0.352 e. The number of amides is 1. The van der Waals surface area contributed by atoms with Crippen LogP contribution >= 0.6 is 0 Å².